The molecule has 1 amide bonds. The van der Waals surface area contributed by atoms with Gasteiger partial charge in [-0.05, 0) is 48.7 Å². The molecule has 0 N–H and O–H groups in total. The summed E-state index contributed by atoms with van der Waals surface area (Å²) in [5.41, 5.74) is 2.15. The summed E-state index contributed by atoms with van der Waals surface area (Å²) in [5.74, 6) is 1.00. The predicted molar refractivity (Wildman–Crippen MR) is 116 cm³/mol. The maximum atomic E-state index is 11.6. The summed E-state index contributed by atoms with van der Waals surface area (Å²) < 4.78 is 6.99. The van der Waals surface area contributed by atoms with Crippen molar-refractivity contribution in [1.29, 1.82) is 0 Å². The van der Waals surface area contributed by atoms with Gasteiger partial charge >= 0.3 is 0 Å². The van der Waals surface area contributed by atoms with E-state index >= 15 is 0 Å². The van der Waals surface area contributed by atoms with Crippen molar-refractivity contribution in [1.82, 2.24) is 14.8 Å². The molecule has 2 aromatic carbocycles. The topological polar surface area (TPSA) is 45.7 Å². The Hall–Kier alpha value is -2.15. The molecule has 150 valence electrons. The van der Waals surface area contributed by atoms with Gasteiger partial charge in [0.15, 0.2) is 0 Å². The molecule has 2 unspecified atom stereocenters. The van der Waals surface area contributed by atoms with Gasteiger partial charge in [0.05, 0.1) is 10.2 Å². The Morgan fingerprint density at radius 1 is 1.21 bits per heavy atom. The van der Waals surface area contributed by atoms with Crippen molar-refractivity contribution in [3.8, 4) is 10.9 Å². The molecule has 0 radical (unpaired) electrons. The third kappa shape index (κ3) is 3.84. The number of carbonyl (C=O) groups excluding carboxylic acids is 1. The van der Waals surface area contributed by atoms with Crippen molar-refractivity contribution >= 4 is 39.1 Å². The van der Waals surface area contributed by atoms with Gasteiger partial charge < -0.3 is 9.64 Å². The quantitative estimate of drug-likeness (QED) is 0.597. The number of amides is 1. The van der Waals surface area contributed by atoms with Crippen LogP contribution in [0.5, 0.6) is 10.9 Å². The SMILES string of the molecule is CC(=O)N1CC2CC1CN2CCc1ccc(Oc2nc3cc(Cl)ccc3s2)cc1. The molecule has 0 aliphatic carbocycles. The van der Waals surface area contributed by atoms with E-state index in [1.54, 1.807) is 6.92 Å². The van der Waals surface area contributed by atoms with Crippen LogP contribution in [0.2, 0.25) is 5.02 Å². The van der Waals surface area contributed by atoms with Gasteiger partial charge in [-0.15, -0.1) is 0 Å². The largest absolute Gasteiger partial charge is 0.431 e. The van der Waals surface area contributed by atoms with Crippen molar-refractivity contribution in [3.63, 3.8) is 0 Å². The second-order valence-corrected chi connectivity index (χ2v) is 9.23. The number of benzene rings is 2. The highest BCUT2D eigenvalue weighted by Crippen LogP contribution is 2.33. The monoisotopic (exact) mass is 427 g/mol. The van der Waals surface area contributed by atoms with Crippen LogP contribution in [0.1, 0.15) is 18.9 Å². The summed E-state index contributed by atoms with van der Waals surface area (Å²) in [6.07, 6.45) is 2.13. The highest BCUT2D eigenvalue weighted by atomic mass is 35.5. The first-order chi connectivity index (χ1) is 14.0. The normalized spacial score (nSPS) is 21.2. The Morgan fingerprint density at radius 2 is 2.03 bits per heavy atom. The molecule has 5 rings (SSSR count). The van der Waals surface area contributed by atoms with Gasteiger partial charge in [0.1, 0.15) is 5.75 Å². The van der Waals surface area contributed by atoms with Crippen LogP contribution in [0.15, 0.2) is 42.5 Å². The van der Waals surface area contributed by atoms with Crippen LogP contribution in [-0.2, 0) is 11.2 Å². The van der Waals surface area contributed by atoms with Crippen LogP contribution in [0, 0.1) is 0 Å². The summed E-state index contributed by atoms with van der Waals surface area (Å²) in [6, 6.07) is 14.9. The summed E-state index contributed by atoms with van der Waals surface area (Å²) in [4.78, 5) is 20.7. The van der Waals surface area contributed by atoms with Gasteiger partial charge in [0, 0.05) is 43.7 Å². The first kappa shape index (κ1) is 18.9. The number of hydrogen-bond donors (Lipinski definition) is 0. The van der Waals surface area contributed by atoms with E-state index in [9.17, 15) is 4.79 Å². The Balaban J connectivity index is 1.17. The van der Waals surface area contributed by atoms with E-state index in [1.165, 1.54) is 16.9 Å². The fourth-order valence-corrected chi connectivity index (χ4v) is 5.41. The Labute approximate surface area is 178 Å². The minimum atomic E-state index is 0.212. The molecule has 5 nitrogen and oxygen atoms in total. The Bertz CT molecular complexity index is 1050. The highest BCUT2D eigenvalue weighted by molar-refractivity contribution is 7.20. The molecular formula is C22H22ClN3O2S. The minimum Gasteiger partial charge on any atom is -0.431 e. The first-order valence-corrected chi connectivity index (χ1v) is 11.1. The lowest BCUT2D eigenvalue weighted by atomic mass is 10.1. The van der Waals surface area contributed by atoms with E-state index in [0.29, 0.717) is 22.3 Å². The number of nitrogens with zero attached hydrogens (tertiary/aromatic N) is 3. The zero-order valence-electron chi connectivity index (χ0n) is 16.2. The van der Waals surface area contributed by atoms with Gasteiger partial charge in [0.25, 0.3) is 5.19 Å². The van der Waals surface area contributed by atoms with Crippen molar-refractivity contribution in [2.45, 2.75) is 31.8 Å². The van der Waals surface area contributed by atoms with Crippen molar-refractivity contribution in [2.24, 2.45) is 0 Å². The molecule has 1 aromatic heterocycles. The fourth-order valence-electron chi connectivity index (χ4n) is 4.43. The van der Waals surface area contributed by atoms with Crippen LogP contribution >= 0.6 is 22.9 Å². The number of ether oxygens (including phenoxy) is 1. The average Bonchev–Trinajstić information content (AvgIpc) is 3.40. The maximum absolute atomic E-state index is 11.6. The van der Waals surface area contributed by atoms with E-state index in [2.05, 4.69) is 22.0 Å². The summed E-state index contributed by atoms with van der Waals surface area (Å²) in [7, 11) is 0. The molecule has 2 atom stereocenters. The first-order valence-electron chi connectivity index (χ1n) is 9.89. The lowest BCUT2D eigenvalue weighted by Crippen LogP contribution is -2.48. The van der Waals surface area contributed by atoms with E-state index in [-0.39, 0.29) is 5.91 Å². The number of aromatic nitrogens is 1. The molecule has 0 saturated carbocycles. The van der Waals surface area contributed by atoms with Gasteiger partial charge in [-0.25, -0.2) is 4.98 Å². The molecule has 2 aliphatic heterocycles. The van der Waals surface area contributed by atoms with Crippen LogP contribution in [0.25, 0.3) is 10.2 Å². The molecule has 2 bridgehead atoms. The van der Waals surface area contributed by atoms with Crippen molar-refractivity contribution in [2.75, 3.05) is 19.6 Å². The number of hydrogen-bond acceptors (Lipinski definition) is 5. The molecule has 29 heavy (non-hydrogen) atoms. The van der Waals surface area contributed by atoms with Crippen LogP contribution in [0.4, 0.5) is 0 Å². The molecule has 7 heteroatoms. The van der Waals surface area contributed by atoms with E-state index in [1.807, 2.05) is 35.2 Å². The van der Waals surface area contributed by atoms with Gasteiger partial charge in [-0.3, -0.25) is 9.69 Å². The Kier molecular flexibility index (Phi) is 4.94. The fraction of sp³-hybridized carbons (Fsp3) is 0.364. The molecule has 0 spiro atoms. The molecule has 2 fully saturated rings. The number of thiazole rings is 1. The van der Waals surface area contributed by atoms with Gasteiger partial charge in [-0.2, -0.15) is 0 Å². The number of halogens is 1. The van der Waals surface area contributed by atoms with Crippen LogP contribution < -0.4 is 4.74 Å². The third-order valence-electron chi connectivity index (χ3n) is 5.90. The number of rotatable bonds is 5. The number of fused-ring (bicyclic) bond motifs is 3. The van der Waals surface area contributed by atoms with Gasteiger partial charge in [0.2, 0.25) is 5.91 Å². The lowest BCUT2D eigenvalue weighted by molar-refractivity contribution is -0.131. The van der Waals surface area contributed by atoms with Crippen LogP contribution in [0.3, 0.4) is 0 Å². The van der Waals surface area contributed by atoms with E-state index in [4.69, 9.17) is 16.3 Å². The molecule has 3 heterocycles. The second kappa shape index (κ2) is 7.59. The molecule has 2 saturated heterocycles. The highest BCUT2D eigenvalue weighted by Gasteiger charge is 2.43. The number of piperazine rings is 1. The summed E-state index contributed by atoms with van der Waals surface area (Å²) in [6.45, 7) is 4.61. The maximum Gasteiger partial charge on any atom is 0.279 e. The van der Waals surface area contributed by atoms with E-state index < -0.39 is 0 Å². The predicted octanol–water partition coefficient (Wildman–Crippen LogP) is 4.59. The smallest absolute Gasteiger partial charge is 0.279 e. The van der Waals surface area contributed by atoms with E-state index in [0.717, 1.165) is 48.4 Å². The number of likely N-dealkylation sites (tertiary alicyclic amines) is 2. The lowest BCUT2D eigenvalue weighted by Gasteiger charge is -2.33. The molecule has 2 aliphatic rings. The molecule has 3 aromatic rings. The standard InChI is InChI=1S/C22H22ClN3O2S/c1-14(27)26-13-17-11-18(26)12-25(17)9-8-15-2-5-19(6-3-15)28-22-24-20-10-16(23)4-7-21(20)29-22/h2-7,10,17-18H,8-9,11-13H2,1H3. The van der Waals surface area contributed by atoms with Gasteiger partial charge in [-0.1, -0.05) is 35.1 Å². The zero-order valence-corrected chi connectivity index (χ0v) is 17.7. The van der Waals surface area contributed by atoms with Crippen molar-refractivity contribution in [3.05, 3.63) is 53.1 Å². The summed E-state index contributed by atoms with van der Waals surface area (Å²) in [5, 5.41) is 1.30. The molecular weight excluding hydrogens is 406 g/mol. The number of carbonyl (C=O) groups is 1. The van der Waals surface area contributed by atoms with Crippen LogP contribution in [-0.4, -0.2) is 52.4 Å². The Morgan fingerprint density at radius 3 is 2.76 bits per heavy atom. The zero-order chi connectivity index (χ0) is 20.0. The third-order valence-corrected chi connectivity index (χ3v) is 7.05. The average molecular weight is 428 g/mol. The summed E-state index contributed by atoms with van der Waals surface area (Å²) >= 11 is 7.54. The second-order valence-electron chi connectivity index (χ2n) is 7.80. The van der Waals surface area contributed by atoms with Crippen molar-refractivity contribution < 1.29 is 9.53 Å². The minimum absolute atomic E-state index is 0.212.